The Morgan fingerprint density at radius 1 is 1.19 bits per heavy atom. The number of nitrogens with zero attached hydrogens (tertiary/aromatic N) is 4. The van der Waals surface area contributed by atoms with Crippen molar-refractivity contribution in [3.8, 4) is 5.69 Å². The lowest BCUT2D eigenvalue weighted by molar-refractivity contribution is -0.384. The Morgan fingerprint density at radius 2 is 2.03 bits per heavy atom. The van der Waals surface area contributed by atoms with E-state index in [1.54, 1.807) is 18.2 Å². The molecule has 0 bridgehead atoms. The number of aryl methyl sites for hydroxylation is 1. The second-order valence-electron chi connectivity index (χ2n) is 8.50. The molecule has 1 unspecified atom stereocenters. The molecule has 1 atom stereocenters. The van der Waals surface area contributed by atoms with Gasteiger partial charge in [-0.05, 0) is 43.9 Å². The van der Waals surface area contributed by atoms with E-state index in [9.17, 15) is 10.1 Å². The number of hydrogen-bond acceptors (Lipinski definition) is 5. The summed E-state index contributed by atoms with van der Waals surface area (Å²) in [4.78, 5) is 13.6. The van der Waals surface area contributed by atoms with E-state index in [0.717, 1.165) is 55.2 Å². The van der Waals surface area contributed by atoms with Gasteiger partial charge in [0.1, 0.15) is 5.82 Å². The third kappa shape index (κ3) is 3.70. The maximum absolute atomic E-state index is 11.4. The number of piperidine rings is 1. The number of hydrogen-bond donors (Lipinski definition) is 1. The van der Waals surface area contributed by atoms with Crippen molar-refractivity contribution in [3.63, 3.8) is 0 Å². The van der Waals surface area contributed by atoms with Crippen LogP contribution < -0.4 is 5.32 Å². The predicted octanol–water partition coefficient (Wildman–Crippen LogP) is 4.78. The van der Waals surface area contributed by atoms with Gasteiger partial charge < -0.3 is 5.32 Å². The highest BCUT2D eigenvalue weighted by molar-refractivity contribution is 5.60. The molecule has 2 aliphatic heterocycles. The van der Waals surface area contributed by atoms with Gasteiger partial charge in [0.2, 0.25) is 0 Å². The Hall–Kier alpha value is -3.19. The fraction of sp³-hybridized carbons (Fsp3) is 0.375. The Labute approximate surface area is 181 Å². The number of nitro groups is 1. The van der Waals surface area contributed by atoms with Gasteiger partial charge in [-0.1, -0.05) is 42.8 Å². The molecule has 1 saturated heterocycles. The van der Waals surface area contributed by atoms with Crippen LogP contribution in [-0.2, 0) is 13.0 Å². The first-order valence-corrected chi connectivity index (χ1v) is 11.0. The van der Waals surface area contributed by atoms with Crippen molar-refractivity contribution >= 4 is 11.5 Å². The van der Waals surface area contributed by atoms with Crippen LogP contribution in [0.4, 0.5) is 11.5 Å². The van der Waals surface area contributed by atoms with Crippen LogP contribution in [0.1, 0.15) is 47.7 Å². The van der Waals surface area contributed by atoms with Crippen LogP contribution in [0.2, 0.25) is 0 Å². The minimum absolute atomic E-state index is 0.0905. The molecule has 3 aromatic rings. The molecule has 5 rings (SSSR count). The minimum Gasteiger partial charge on any atom is -0.369 e. The van der Waals surface area contributed by atoms with Crippen LogP contribution in [0, 0.1) is 17.0 Å². The maximum Gasteiger partial charge on any atom is 0.271 e. The smallest absolute Gasteiger partial charge is 0.271 e. The molecule has 7 nitrogen and oxygen atoms in total. The highest BCUT2D eigenvalue weighted by Gasteiger charge is 2.33. The predicted molar refractivity (Wildman–Crippen MR) is 121 cm³/mol. The lowest BCUT2D eigenvalue weighted by Crippen LogP contribution is -2.33. The van der Waals surface area contributed by atoms with Crippen LogP contribution in [0.25, 0.3) is 5.69 Å². The van der Waals surface area contributed by atoms with Crippen LogP contribution >= 0.6 is 0 Å². The number of benzene rings is 2. The molecule has 3 heterocycles. The molecule has 160 valence electrons. The zero-order valence-electron chi connectivity index (χ0n) is 17.8. The maximum atomic E-state index is 11.4. The first kappa shape index (κ1) is 19.8. The van der Waals surface area contributed by atoms with Crippen LogP contribution in [0.5, 0.6) is 0 Å². The van der Waals surface area contributed by atoms with Gasteiger partial charge in [0.05, 0.1) is 22.3 Å². The summed E-state index contributed by atoms with van der Waals surface area (Å²) < 4.78 is 1.90. The van der Waals surface area contributed by atoms with Crippen molar-refractivity contribution in [1.29, 1.82) is 0 Å². The third-order valence-electron chi connectivity index (χ3n) is 6.47. The standard InChI is InChI=1S/C24H27N5O2/c1-17-10-11-19(29(30)31)15-22(17)28-24-20(12-13-25-24)23(26-28)21-9-5-6-14-27(21)16-18-7-3-2-4-8-18/h2-4,7-8,10-11,15,21,25H,5-6,9,12-14,16H2,1H3. The molecule has 0 spiro atoms. The second kappa shape index (κ2) is 8.15. The minimum atomic E-state index is -0.344. The second-order valence-corrected chi connectivity index (χ2v) is 8.50. The largest absolute Gasteiger partial charge is 0.369 e. The summed E-state index contributed by atoms with van der Waals surface area (Å²) in [6.45, 7) is 4.82. The molecule has 0 radical (unpaired) electrons. The van der Waals surface area contributed by atoms with Gasteiger partial charge in [-0.15, -0.1) is 0 Å². The van der Waals surface area contributed by atoms with Crippen molar-refractivity contribution in [3.05, 3.63) is 81.0 Å². The van der Waals surface area contributed by atoms with E-state index in [4.69, 9.17) is 5.10 Å². The molecule has 1 N–H and O–H groups in total. The van der Waals surface area contributed by atoms with Gasteiger partial charge in [-0.25, -0.2) is 4.68 Å². The average molecular weight is 418 g/mol. The first-order valence-electron chi connectivity index (χ1n) is 11.0. The number of fused-ring (bicyclic) bond motifs is 1. The number of nitro benzene ring substituents is 1. The lowest BCUT2D eigenvalue weighted by Gasteiger charge is -2.35. The van der Waals surface area contributed by atoms with Crippen molar-refractivity contribution < 1.29 is 4.92 Å². The fourth-order valence-corrected chi connectivity index (χ4v) is 4.89. The summed E-state index contributed by atoms with van der Waals surface area (Å²) in [5, 5.41) is 19.9. The van der Waals surface area contributed by atoms with Crippen molar-refractivity contribution in [2.45, 2.75) is 45.2 Å². The Balaban J connectivity index is 1.55. The van der Waals surface area contributed by atoms with Crippen LogP contribution in [0.3, 0.4) is 0 Å². The SMILES string of the molecule is Cc1ccc([N+](=O)[O-])cc1-n1nc(C2CCCCN2Cc2ccccc2)c2c1NCC2. The van der Waals surface area contributed by atoms with E-state index in [0.29, 0.717) is 0 Å². The number of likely N-dealkylation sites (tertiary alicyclic amines) is 1. The zero-order chi connectivity index (χ0) is 21.4. The third-order valence-corrected chi connectivity index (χ3v) is 6.47. The van der Waals surface area contributed by atoms with Crippen LogP contribution in [-0.4, -0.2) is 32.7 Å². The summed E-state index contributed by atoms with van der Waals surface area (Å²) in [7, 11) is 0. The summed E-state index contributed by atoms with van der Waals surface area (Å²) in [6.07, 6.45) is 4.42. The lowest BCUT2D eigenvalue weighted by atomic mass is 9.95. The summed E-state index contributed by atoms with van der Waals surface area (Å²) >= 11 is 0. The zero-order valence-corrected chi connectivity index (χ0v) is 17.8. The monoisotopic (exact) mass is 417 g/mol. The summed E-state index contributed by atoms with van der Waals surface area (Å²) in [5.41, 5.74) is 5.54. The Kier molecular flexibility index (Phi) is 5.19. The molecule has 7 heteroatoms. The van der Waals surface area contributed by atoms with Crippen molar-refractivity contribution in [1.82, 2.24) is 14.7 Å². The normalized spacial score (nSPS) is 18.5. The molecule has 1 aromatic heterocycles. The molecular weight excluding hydrogens is 390 g/mol. The molecule has 31 heavy (non-hydrogen) atoms. The number of aromatic nitrogens is 2. The van der Waals surface area contributed by atoms with E-state index in [1.165, 1.54) is 24.0 Å². The van der Waals surface area contributed by atoms with Gasteiger partial charge in [0.25, 0.3) is 5.69 Å². The van der Waals surface area contributed by atoms with Gasteiger partial charge in [0, 0.05) is 30.8 Å². The molecule has 0 amide bonds. The summed E-state index contributed by atoms with van der Waals surface area (Å²) in [5.74, 6) is 0.990. The topological polar surface area (TPSA) is 76.2 Å². The highest BCUT2D eigenvalue weighted by Crippen LogP contribution is 2.39. The number of rotatable bonds is 5. The molecule has 0 aliphatic carbocycles. The number of non-ortho nitro benzene ring substituents is 1. The van der Waals surface area contributed by atoms with E-state index >= 15 is 0 Å². The quantitative estimate of drug-likeness (QED) is 0.477. The Bertz CT molecular complexity index is 1110. The average Bonchev–Trinajstić information content (AvgIpc) is 3.38. The van der Waals surface area contributed by atoms with E-state index in [1.807, 2.05) is 11.6 Å². The van der Waals surface area contributed by atoms with Crippen molar-refractivity contribution in [2.75, 3.05) is 18.4 Å². The van der Waals surface area contributed by atoms with Crippen LogP contribution in [0.15, 0.2) is 48.5 Å². The first-order chi connectivity index (χ1) is 15.1. The van der Waals surface area contributed by atoms with Gasteiger partial charge in [-0.3, -0.25) is 15.0 Å². The molecule has 2 aliphatic rings. The fourth-order valence-electron chi connectivity index (χ4n) is 4.89. The van der Waals surface area contributed by atoms with Gasteiger partial charge >= 0.3 is 0 Å². The van der Waals surface area contributed by atoms with E-state index in [-0.39, 0.29) is 16.7 Å². The number of anilines is 1. The molecular formula is C24H27N5O2. The van der Waals surface area contributed by atoms with Crippen molar-refractivity contribution in [2.24, 2.45) is 0 Å². The van der Waals surface area contributed by atoms with E-state index in [2.05, 4.69) is 40.5 Å². The molecule has 0 saturated carbocycles. The van der Waals surface area contributed by atoms with E-state index < -0.39 is 0 Å². The molecule has 2 aromatic carbocycles. The number of nitrogens with one attached hydrogen (secondary N) is 1. The summed E-state index contributed by atoms with van der Waals surface area (Å²) in [6, 6.07) is 15.9. The Morgan fingerprint density at radius 3 is 2.84 bits per heavy atom. The van der Waals surface area contributed by atoms with Gasteiger partial charge in [-0.2, -0.15) is 5.10 Å². The van der Waals surface area contributed by atoms with Gasteiger partial charge in [0.15, 0.2) is 0 Å². The molecule has 1 fully saturated rings. The highest BCUT2D eigenvalue weighted by atomic mass is 16.6.